The van der Waals surface area contributed by atoms with Crippen LogP contribution in [0.15, 0.2) is 0 Å². The van der Waals surface area contributed by atoms with Crippen LogP contribution in [0.5, 0.6) is 0 Å². The summed E-state index contributed by atoms with van der Waals surface area (Å²) < 4.78 is 17.3. The van der Waals surface area contributed by atoms with Crippen LogP contribution in [-0.4, -0.2) is 59.3 Å². The van der Waals surface area contributed by atoms with Gasteiger partial charge in [-0.05, 0) is 51.5 Å². The van der Waals surface area contributed by atoms with Gasteiger partial charge in [0.2, 0.25) is 0 Å². The Balaban J connectivity index is 4.32. The van der Waals surface area contributed by atoms with E-state index in [1.807, 2.05) is 14.1 Å². The molecule has 0 aromatic carbocycles. The Morgan fingerprint density at radius 1 is 0.818 bits per heavy atom. The molecule has 6 heteroatoms. The van der Waals surface area contributed by atoms with Gasteiger partial charge in [-0.1, -0.05) is 85.5 Å². The molecular weight excluding hydrogens is 430 g/mol. The Hall–Kier alpha value is -0.593. The van der Waals surface area contributed by atoms with E-state index in [0.717, 1.165) is 32.2 Å². The zero-order valence-corrected chi connectivity index (χ0v) is 24.5. The van der Waals surface area contributed by atoms with Crippen molar-refractivity contribution in [3.05, 3.63) is 0 Å². The number of rotatable bonds is 20. The van der Waals surface area contributed by atoms with Crippen molar-refractivity contribution >= 4 is 14.5 Å². The zero-order chi connectivity index (χ0) is 25.2. The maximum Gasteiger partial charge on any atom is 0.508 e. The second kappa shape index (κ2) is 18.7. The molecule has 33 heavy (non-hydrogen) atoms. The Morgan fingerprint density at radius 3 is 1.88 bits per heavy atom. The van der Waals surface area contributed by atoms with Crippen molar-refractivity contribution in [3.63, 3.8) is 0 Å². The molecule has 198 valence electrons. The fourth-order valence-corrected chi connectivity index (χ4v) is 4.55. The van der Waals surface area contributed by atoms with Crippen LogP contribution in [-0.2, 0) is 13.9 Å². The van der Waals surface area contributed by atoms with E-state index in [-0.39, 0.29) is 11.1 Å². The number of carbonyl (C=O) groups excluding carboxylic acids is 1. The third-order valence-electron chi connectivity index (χ3n) is 6.82. The van der Waals surface area contributed by atoms with Crippen LogP contribution in [0.4, 0.5) is 4.79 Å². The molecule has 0 fully saturated rings. The number of hydrogen-bond donors (Lipinski definition) is 0. The summed E-state index contributed by atoms with van der Waals surface area (Å²) >= 11 is 0. The SMILES string of the molecule is CCCCCCCCCCCCC(CCO[Si](C)(C)C(C)(C)C)OC(=O)OCCCN(C)C. The van der Waals surface area contributed by atoms with E-state index in [2.05, 4.69) is 45.7 Å². The van der Waals surface area contributed by atoms with E-state index >= 15 is 0 Å². The van der Waals surface area contributed by atoms with Crippen LogP contribution >= 0.6 is 0 Å². The van der Waals surface area contributed by atoms with Gasteiger partial charge in [0.1, 0.15) is 6.10 Å². The molecule has 0 saturated heterocycles. The minimum atomic E-state index is -1.79. The second-order valence-electron chi connectivity index (χ2n) is 11.4. The van der Waals surface area contributed by atoms with Crippen LogP contribution in [0.2, 0.25) is 18.1 Å². The average Bonchev–Trinajstić information content (AvgIpc) is 2.71. The molecule has 1 atom stereocenters. The van der Waals surface area contributed by atoms with Gasteiger partial charge in [0.15, 0.2) is 8.32 Å². The summed E-state index contributed by atoms with van der Waals surface area (Å²) in [6.07, 6.45) is 14.9. The second-order valence-corrected chi connectivity index (χ2v) is 16.2. The quantitative estimate of drug-likeness (QED) is 0.0984. The molecule has 0 rings (SSSR count). The first-order valence-electron chi connectivity index (χ1n) is 13.6. The normalized spacial score (nSPS) is 13.4. The smallest absolute Gasteiger partial charge is 0.434 e. The molecular formula is C27H57NO4Si. The van der Waals surface area contributed by atoms with E-state index in [1.165, 1.54) is 57.8 Å². The van der Waals surface area contributed by atoms with Gasteiger partial charge in [0.25, 0.3) is 0 Å². The van der Waals surface area contributed by atoms with Gasteiger partial charge in [0.05, 0.1) is 6.61 Å². The summed E-state index contributed by atoms with van der Waals surface area (Å²) in [6, 6.07) is 0. The highest BCUT2D eigenvalue weighted by atomic mass is 28.4. The molecule has 5 nitrogen and oxygen atoms in total. The van der Waals surface area contributed by atoms with Crippen molar-refractivity contribution in [1.29, 1.82) is 0 Å². The molecule has 0 heterocycles. The first-order valence-corrected chi connectivity index (χ1v) is 16.5. The van der Waals surface area contributed by atoms with E-state index in [9.17, 15) is 4.79 Å². The van der Waals surface area contributed by atoms with Crippen LogP contribution in [0.25, 0.3) is 0 Å². The molecule has 0 aliphatic carbocycles. The first kappa shape index (κ1) is 32.4. The molecule has 0 amide bonds. The Morgan fingerprint density at radius 2 is 1.36 bits per heavy atom. The van der Waals surface area contributed by atoms with Gasteiger partial charge in [0, 0.05) is 19.6 Å². The molecule has 0 aliphatic rings. The molecule has 0 bridgehead atoms. The standard InChI is InChI=1S/C27H57NO4Si/c1-9-10-11-12-13-14-15-16-17-18-20-25(21-24-31-33(7,8)27(2,3)4)32-26(29)30-23-19-22-28(5)6/h25H,9-24H2,1-8H3. The molecule has 0 spiro atoms. The summed E-state index contributed by atoms with van der Waals surface area (Å²) in [6.45, 7) is 15.5. The highest BCUT2D eigenvalue weighted by molar-refractivity contribution is 6.74. The number of unbranched alkanes of at least 4 members (excludes halogenated alkanes) is 9. The van der Waals surface area contributed by atoms with Gasteiger partial charge in [-0.3, -0.25) is 0 Å². The summed E-state index contributed by atoms with van der Waals surface area (Å²) in [5.41, 5.74) is 0. The summed E-state index contributed by atoms with van der Waals surface area (Å²) in [5, 5.41) is 0.186. The van der Waals surface area contributed by atoms with Gasteiger partial charge in [-0.25, -0.2) is 4.79 Å². The van der Waals surface area contributed by atoms with Crippen LogP contribution in [0, 0.1) is 0 Å². The number of nitrogens with zero attached hydrogens (tertiary/aromatic N) is 1. The molecule has 0 saturated carbocycles. The highest BCUT2D eigenvalue weighted by Crippen LogP contribution is 2.36. The topological polar surface area (TPSA) is 48.0 Å². The fraction of sp³-hybridized carbons (Fsp3) is 0.963. The largest absolute Gasteiger partial charge is 0.508 e. The van der Waals surface area contributed by atoms with Crippen LogP contribution in [0.1, 0.15) is 111 Å². The monoisotopic (exact) mass is 487 g/mol. The molecule has 0 aliphatic heterocycles. The minimum Gasteiger partial charge on any atom is -0.434 e. The lowest BCUT2D eigenvalue weighted by atomic mass is 10.0. The maximum atomic E-state index is 12.2. The van der Waals surface area contributed by atoms with Crippen molar-refractivity contribution in [2.24, 2.45) is 0 Å². The Bertz CT molecular complexity index is 477. The Labute approximate surface area is 207 Å². The molecule has 0 aromatic heterocycles. The lowest BCUT2D eigenvalue weighted by Crippen LogP contribution is -2.41. The third kappa shape index (κ3) is 18.4. The lowest BCUT2D eigenvalue weighted by molar-refractivity contribution is 0.0113. The number of hydrogen-bond acceptors (Lipinski definition) is 5. The van der Waals surface area contributed by atoms with Gasteiger partial charge in [-0.15, -0.1) is 0 Å². The highest BCUT2D eigenvalue weighted by Gasteiger charge is 2.37. The lowest BCUT2D eigenvalue weighted by Gasteiger charge is -2.36. The number of carbonyl (C=O) groups is 1. The molecule has 0 radical (unpaired) electrons. The van der Waals surface area contributed by atoms with Gasteiger partial charge >= 0.3 is 6.16 Å². The predicted molar refractivity (Wildman–Crippen MR) is 144 cm³/mol. The van der Waals surface area contributed by atoms with Crippen molar-refractivity contribution in [2.45, 2.75) is 135 Å². The van der Waals surface area contributed by atoms with Crippen molar-refractivity contribution in [3.8, 4) is 0 Å². The Kier molecular flexibility index (Phi) is 18.4. The van der Waals surface area contributed by atoms with Crippen LogP contribution < -0.4 is 0 Å². The van der Waals surface area contributed by atoms with Gasteiger partial charge < -0.3 is 18.8 Å². The predicted octanol–water partition coefficient (Wildman–Crippen LogP) is 8.18. The summed E-state index contributed by atoms with van der Waals surface area (Å²) in [4.78, 5) is 14.3. The van der Waals surface area contributed by atoms with Crippen molar-refractivity contribution in [1.82, 2.24) is 4.90 Å². The molecule has 0 aromatic rings. The van der Waals surface area contributed by atoms with Crippen LogP contribution in [0.3, 0.4) is 0 Å². The first-order chi connectivity index (χ1) is 15.5. The van der Waals surface area contributed by atoms with E-state index in [1.54, 1.807) is 0 Å². The summed E-state index contributed by atoms with van der Waals surface area (Å²) in [7, 11) is 2.24. The average molecular weight is 488 g/mol. The minimum absolute atomic E-state index is 0.120. The van der Waals surface area contributed by atoms with E-state index in [0.29, 0.717) is 13.2 Å². The molecule has 1 unspecified atom stereocenters. The zero-order valence-electron chi connectivity index (χ0n) is 23.5. The van der Waals surface area contributed by atoms with Crippen molar-refractivity contribution in [2.75, 3.05) is 33.9 Å². The fourth-order valence-electron chi connectivity index (χ4n) is 3.49. The van der Waals surface area contributed by atoms with E-state index < -0.39 is 14.5 Å². The molecule has 0 N–H and O–H groups in total. The van der Waals surface area contributed by atoms with E-state index in [4.69, 9.17) is 13.9 Å². The summed E-state index contributed by atoms with van der Waals surface area (Å²) in [5.74, 6) is 0. The third-order valence-corrected chi connectivity index (χ3v) is 11.4. The maximum absolute atomic E-state index is 12.2. The van der Waals surface area contributed by atoms with Gasteiger partial charge in [-0.2, -0.15) is 0 Å². The number of ether oxygens (including phenoxy) is 2. The van der Waals surface area contributed by atoms with Crippen molar-refractivity contribution < 1.29 is 18.7 Å².